The minimum Gasteiger partial charge on any atom is -0.461 e. The maximum Gasteiger partial charge on any atom is 0.407 e. The second-order valence-corrected chi connectivity index (χ2v) is 8.55. The molecule has 0 atom stereocenters. The molecule has 31 heavy (non-hydrogen) atoms. The zero-order valence-electron chi connectivity index (χ0n) is 19.2. The highest BCUT2D eigenvalue weighted by atomic mass is 16.6. The van der Waals surface area contributed by atoms with Crippen molar-refractivity contribution in [2.45, 2.75) is 84.3 Å². The van der Waals surface area contributed by atoms with E-state index >= 15 is 0 Å². The van der Waals surface area contributed by atoms with Gasteiger partial charge in [0.05, 0.1) is 0 Å². The summed E-state index contributed by atoms with van der Waals surface area (Å²) in [6, 6.07) is 9.62. The van der Waals surface area contributed by atoms with Crippen LogP contribution in [0.3, 0.4) is 0 Å². The molecule has 0 aliphatic heterocycles. The molecule has 0 spiro atoms. The van der Waals surface area contributed by atoms with E-state index < -0.39 is 11.7 Å². The number of carbonyl (C=O) groups is 3. The van der Waals surface area contributed by atoms with E-state index in [9.17, 15) is 14.4 Å². The van der Waals surface area contributed by atoms with Crippen molar-refractivity contribution >= 4 is 18.0 Å². The number of rotatable bonds is 14. The highest BCUT2D eigenvalue weighted by Gasteiger charge is 2.15. The molecular formula is C24H38N2O5. The second-order valence-electron chi connectivity index (χ2n) is 8.55. The molecule has 0 aliphatic rings. The number of nitrogens with one attached hydrogen (secondary N) is 2. The van der Waals surface area contributed by atoms with Gasteiger partial charge >= 0.3 is 12.1 Å². The fourth-order valence-corrected chi connectivity index (χ4v) is 2.79. The van der Waals surface area contributed by atoms with E-state index in [1.165, 1.54) is 0 Å². The van der Waals surface area contributed by atoms with Gasteiger partial charge in [-0.1, -0.05) is 43.2 Å². The molecule has 1 aromatic carbocycles. The van der Waals surface area contributed by atoms with Crippen LogP contribution in [0.15, 0.2) is 30.3 Å². The van der Waals surface area contributed by atoms with Crippen LogP contribution in [0.1, 0.15) is 77.7 Å². The summed E-state index contributed by atoms with van der Waals surface area (Å²) in [4.78, 5) is 35.1. The summed E-state index contributed by atoms with van der Waals surface area (Å²) in [5, 5.41) is 5.62. The van der Waals surface area contributed by atoms with Crippen LogP contribution in [0.2, 0.25) is 0 Å². The van der Waals surface area contributed by atoms with Crippen LogP contribution in [0.5, 0.6) is 0 Å². The maximum absolute atomic E-state index is 11.8. The first-order valence-corrected chi connectivity index (χ1v) is 11.2. The quantitative estimate of drug-likeness (QED) is 0.332. The monoisotopic (exact) mass is 434 g/mol. The Balaban J connectivity index is 1.90. The Labute approximate surface area is 186 Å². The van der Waals surface area contributed by atoms with Crippen LogP contribution in [0.25, 0.3) is 0 Å². The van der Waals surface area contributed by atoms with Crippen LogP contribution in [-0.2, 0) is 25.7 Å². The summed E-state index contributed by atoms with van der Waals surface area (Å²) in [5.74, 6) is -0.142. The number of amides is 2. The van der Waals surface area contributed by atoms with Gasteiger partial charge in [0, 0.05) is 25.9 Å². The van der Waals surface area contributed by atoms with E-state index in [1.54, 1.807) is 0 Å². The highest BCUT2D eigenvalue weighted by molar-refractivity contribution is 5.75. The Bertz CT molecular complexity index is 656. The van der Waals surface area contributed by atoms with Gasteiger partial charge in [-0.2, -0.15) is 0 Å². The molecular weight excluding hydrogens is 396 g/mol. The van der Waals surface area contributed by atoms with E-state index in [1.807, 2.05) is 51.1 Å². The number of hydrogen-bond acceptors (Lipinski definition) is 5. The smallest absolute Gasteiger partial charge is 0.407 e. The topological polar surface area (TPSA) is 93.7 Å². The Morgan fingerprint density at radius 1 is 0.806 bits per heavy atom. The van der Waals surface area contributed by atoms with E-state index in [-0.39, 0.29) is 11.9 Å². The molecule has 0 bridgehead atoms. The number of benzene rings is 1. The van der Waals surface area contributed by atoms with Gasteiger partial charge < -0.3 is 20.1 Å². The molecule has 0 unspecified atom stereocenters. The van der Waals surface area contributed by atoms with Crippen molar-refractivity contribution in [2.24, 2.45) is 0 Å². The summed E-state index contributed by atoms with van der Waals surface area (Å²) >= 11 is 0. The third-order valence-electron chi connectivity index (χ3n) is 4.37. The lowest BCUT2D eigenvalue weighted by Gasteiger charge is -2.19. The first kappa shape index (κ1) is 26.5. The Morgan fingerprint density at radius 3 is 2.06 bits per heavy atom. The molecule has 0 heterocycles. The molecule has 7 nitrogen and oxygen atoms in total. The van der Waals surface area contributed by atoms with Crippen molar-refractivity contribution in [3.05, 3.63) is 35.9 Å². The van der Waals surface area contributed by atoms with Gasteiger partial charge in [0.25, 0.3) is 0 Å². The molecule has 0 radical (unpaired) electrons. The van der Waals surface area contributed by atoms with Crippen molar-refractivity contribution in [3.8, 4) is 0 Å². The van der Waals surface area contributed by atoms with Crippen molar-refractivity contribution < 1.29 is 23.9 Å². The number of unbranched alkanes of at least 4 members (excludes halogenated alkanes) is 4. The summed E-state index contributed by atoms with van der Waals surface area (Å²) in [5.41, 5.74) is 0.492. The fraction of sp³-hybridized carbons (Fsp3) is 0.625. The summed E-state index contributed by atoms with van der Waals surface area (Å²) in [6.07, 6.45) is 5.42. The number of ether oxygens (including phenoxy) is 2. The normalized spacial score (nSPS) is 10.9. The van der Waals surface area contributed by atoms with Gasteiger partial charge in [0.2, 0.25) is 5.91 Å². The SMILES string of the molecule is CC(C)(C)OC(=O)NCCCCCC(=O)NCCCCCC(=O)OCc1ccccc1. The highest BCUT2D eigenvalue weighted by Crippen LogP contribution is 2.07. The van der Waals surface area contributed by atoms with E-state index in [2.05, 4.69) is 10.6 Å². The first-order valence-electron chi connectivity index (χ1n) is 11.2. The Hall–Kier alpha value is -2.57. The first-order chi connectivity index (χ1) is 14.8. The van der Waals surface area contributed by atoms with Crippen molar-refractivity contribution in [2.75, 3.05) is 13.1 Å². The second kappa shape index (κ2) is 15.3. The largest absolute Gasteiger partial charge is 0.461 e. The molecule has 2 N–H and O–H groups in total. The molecule has 0 fully saturated rings. The van der Waals surface area contributed by atoms with Crippen LogP contribution in [0.4, 0.5) is 4.79 Å². The molecule has 1 rings (SSSR count). The van der Waals surface area contributed by atoms with Gasteiger partial charge in [0.1, 0.15) is 12.2 Å². The van der Waals surface area contributed by atoms with Gasteiger partial charge in [-0.25, -0.2) is 4.79 Å². The lowest BCUT2D eigenvalue weighted by atomic mass is 10.1. The average Bonchev–Trinajstić information content (AvgIpc) is 2.71. The molecule has 0 aliphatic carbocycles. The van der Waals surface area contributed by atoms with Crippen LogP contribution in [-0.4, -0.2) is 36.7 Å². The molecule has 1 aromatic rings. The third-order valence-corrected chi connectivity index (χ3v) is 4.37. The van der Waals surface area contributed by atoms with Gasteiger partial charge in [-0.3, -0.25) is 9.59 Å². The number of alkyl carbamates (subject to hydrolysis) is 1. The van der Waals surface area contributed by atoms with Crippen LogP contribution >= 0.6 is 0 Å². The standard InChI is InChI=1S/C24H38N2O5/c1-24(2,3)31-23(29)26-18-12-5-9-15-21(27)25-17-11-6-10-16-22(28)30-19-20-13-7-4-8-14-20/h4,7-8,13-14H,5-6,9-12,15-19H2,1-3H3,(H,25,27)(H,26,29). The van der Waals surface area contributed by atoms with Gasteiger partial charge in [0.15, 0.2) is 0 Å². The number of esters is 1. The Morgan fingerprint density at radius 2 is 1.42 bits per heavy atom. The zero-order chi connectivity index (χ0) is 23.0. The van der Waals surface area contributed by atoms with E-state index in [0.29, 0.717) is 32.5 Å². The molecule has 0 saturated heterocycles. The molecule has 7 heteroatoms. The van der Waals surface area contributed by atoms with E-state index in [4.69, 9.17) is 9.47 Å². The van der Waals surface area contributed by atoms with Crippen molar-refractivity contribution in [3.63, 3.8) is 0 Å². The predicted octanol–water partition coefficient (Wildman–Crippen LogP) is 4.49. The lowest BCUT2D eigenvalue weighted by molar-refractivity contribution is -0.145. The zero-order valence-corrected chi connectivity index (χ0v) is 19.2. The maximum atomic E-state index is 11.8. The predicted molar refractivity (Wildman–Crippen MR) is 120 cm³/mol. The lowest BCUT2D eigenvalue weighted by Crippen LogP contribution is -2.33. The summed E-state index contributed by atoms with van der Waals surface area (Å²) in [7, 11) is 0. The van der Waals surface area contributed by atoms with Gasteiger partial charge in [-0.05, 0) is 52.0 Å². The van der Waals surface area contributed by atoms with Crippen LogP contribution in [0, 0.1) is 0 Å². The van der Waals surface area contributed by atoms with Crippen molar-refractivity contribution in [1.82, 2.24) is 10.6 Å². The Kier molecular flexibility index (Phi) is 13.0. The van der Waals surface area contributed by atoms with Crippen LogP contribution < -0.4 is 10.6 Å². The molecule has 2 amide bonds. The minimum absolute atomic E-state index is 0.0439. The average molecular weight is 435 g/mol. The van der Waals surface area contributed by atoms with Crippen molar-refractivity contribution in [1.29, 1.82) is 0 Å². The molecule has 0 aromatic heterocycles. The van der Waals surface area contributed by atoms with Gasteiger partial charge in [-0.15, -0.1) is 0 Å². The molecule has 0 saturated carbocycles. The van der Waals surface area contributed by atoms with E-state index in [0.717, 1.165) is 44.1 Å². The summed E-state index contributed by atoms with van der Waals surface area (Å²) < 4.78 is 10.4. The number of hydrogen-bond donors (Lipinski definition) is 2. The minimum atomic E-state index is -0.492. The number of carbonyl (C=O) groups excluding carboxylic acids is 3. The summed E-state index contributed by atoms with van der Waals surface area (Å²) in [6.45, 7) is 6.96. The molecule has 174 valence electrons. The fourth-order valence-electron chi connectivity index (χ4n) is 2.79. The third kappa shape index (κ3) is 15.9.